The van der Waals surface area contributed by atoms with Crippen LogP contribution in [0, 0.1) is 0 Å². The fourth-order valence-corrected chi connectivity index (χ4v) is 6.61. The standard InChI is InChI=1S/C38H50F2N6O12S/c1-3-25(28-24-59-38(43-28)45-10-14-55-15-11-45)35(27(40)20-39)58-23-33(50)42-9-13-54-17-19-56-18-16-53-12-8-41-32(49)22-57-29-7-5-6-26-34(29)37(52)46(36(26)51)21-31(48)44-30(47)4-2/h3,5-7,20,24-25,32,35,41,49H,1,4,8-19,21-23H2,2H3,(H,42,50)(H,44,47,48)/b27-20-. The van der Waals surface area contributed by atoms with E-state index in [0.29, 0.717) is 32.0 Å². The zero-order valence-electron chi connectivity index (χ0n) is 32.7. The predicted octanol–water partition coefficient (Wildman–Crippen LogP) is 1.22. The predicted molar refractivity (Wildman–Crippen MR) is 208 cm³/mol. The first kappa shape index (κ1) is 46.9. The van der Waals surface area contributed by atoms with Crippen LogP contribution in [0.25, 0.3) is 0 Å². The number of hydrogen-bond donors (Lipinski definition) is 4. The molecule has 1 aromatic carbocycles. The van der Waals surface area contributed by atoms with E-state index in [1.165, 1.54) is 35.6 Å². The van der Waals surface area contributed by atoms with Crippen molar-refractivity contribution >= 4 is 46.0 Å². The Labute approximate surface area is 343 Å². The summed E-state index contributed by atoms with van der Waals surface area (Å²) in [5, 5.41) is 20.2. The van der Waals surface area contributed by atoms with E-state index in [0.717, 1.165) is 10.0 Å². The van der Waals surface area contributed by atoms with Crippen LogP contribution in [0.3, 0.4) is 0 Å². The fourth-order valence-electron chi connectivity index (χ4n) is 5.69. The van der Waals surface area contributed by atoms with Crippen LogP contribution in [-0.2, 0) is 38.1 Å². The Morgan fingerprint density at radius 2 is 1.71 bits per heavy atom. The lowest BCUT2D eigenvalue weighted by Crippen LogP contribution is -2.42. The number of aliphatic hydroxyl groups excluding tert-OH is 1. The Morgan fingerprint density at radius 3 is 2.39 bits per heavy atom. The largest absolute Gasteiger partial charge is 0.489 e. The van der Waals surface area contributed by atoms with Crippen molar-refractivity contribution < 1.29 is 66.3 Å². The van der Waals surface area contributed by atoms with Crippen molar-refractivity contribution in [3.63, 3.8) is 0 Å². The number of carbonyl (C=O) groups excluding carboxylic acids is 5. The van der Waals surface area contributed by atoms with Gasteiger partial charge in [-0.2, -0.15) is 0 Å². The van der Waals surface area contributed by atoms with E-state index in [1.54, 1.807) is 12.3 Å². The minimum atomic E-state index is -1.43. The summed E-state index contributed by atoms with van der Waals surface area (Å²) in [5.74, 6) is -5.29. The monoisotopic (exact) mass is 852 g/mol. The minimum absolute atomic E-state index is 0.0391. The number of fused-ring (bicyclic) bond motifs is 1. The smallest absolute Gasteiger partial charge is 0.265 e. The highest BCUT2D eigenvalue weighted by Gasteiger charge is 2.39. The third kappa shape index (κ3) is 14.5. The van der Waals surface area contributed by atoms with E-state index < -0.39 is 66.8 Å². The first-order chi connectivity index (χ1) is 28.6. The third-order valence-electron chi connectivity index (χ3n) is 8.68. The molecule has 18 nitrogen and oxygen atoms in total. The molecule has 0 saturated carbocycles. The molecule has 1 saturated heterocycles. The van der Waals surface area contributed by atoms with Crippen LogP contribution in [-0.4, -0.2) is 156 Å². The molecule has 3 atom stereocenters. The number of nitrogens with zero attached hydrogens (tertiary/aromatic N) is 3. The van der Waals surface area contributed by atoms with E-state index in [9.17, 15) is 37.9 Å². The Bertz CT molecular complexity index is 1760. The molecule has 0 spiro atoms. The summed E-state index contributed by atoms with van der Waals surface area (Å²) in [6.45, 7) is 8.20. The van der Waals surface area contributed by atoms with Crippen molar-refractivity contribution in [1.82, 2.24) is 25.8 Å². The molecule has 4 rings (SSSR count). The second kappa shape index (κ2) is 25.0. The number of imide groups is 2. The number of ether oxygens (including phenoxy) is 6. The number of halogens is 2. The zero-order chi connectivity index (χ0) is 42.6. The van der Waals surface area contributed by atoms with Crippen LogP contribution in [0.4, 0.5) is 13.9 Å². The topological polar surface area (TPSA) is 216 Å². The molecule has 0 radical (unpaired) electrons. The maximum Gasteiger partial charge on any atom is 0.265 e. The van der Waals surface area contributed by atoms with Gasteiger partial charge in [0.2, 0.25) is 17.7 Å². The SMILES string of the molecule is C=CC(c1csc(N2CCOCC2)n1)C(OCC(=O)NCCOCCOCCOCCNC(O)COc1cccc2c1C(=O)N(CC(=O)NC(=O)CC)C2=O)/C(F)=C/F. The average Bonchev–Trinajstić information content (AvgIpc) is 3.83. The van der Waals surface area contributed by atoms with E-state index in [-0.39, 0.29) is 89.0 Å². The van der Waals surface area contributed by atoms with Crippen LogP contribution in [0.5, 0.6) is 5.75 Å². The summed E-state index contributed by atoms with van der Waals surface area (Å²) in [6, 6.07) is 4.39. The third-order valence-corrected chi connectivity index (χ3v) is 9.60. The molecule has 5 amide bonds. The normalized spacial score (nSPS) is 15.8. The quantitative estimate of drug-likeness (QED) is 0.0430. The van der Waals surface area contributed by atoms with Crippen molar-refractivity contribution in [2.24, 2.45) is 0 Å². The van der Waals surface area contributed by atoms with Crippen molar-refractivity contribution in [1.29, 1.82) is 0 Å². The lowest BCUT2D eigenvalue weighted by Gasteiger charge is -2.26. The van der Waals surface area contributed by atoms with Gasteiger partial charge in [-0.25, -0.2) is 13.8 Å². The molecule has 1 fully saturated rings. The van der Waals surface area contributed by atoms with Crippen LogP contribution in [0.1, 0.15) is 45.7 Å². The summed E-state index contributed by atoms with van der Waals surface area (Å²) in [4.78, 5) is 69.0. The van der Waals surface area contributed by atoms with Crippen LogP contribution >= 0.6 is 11.3 Å². The van der Waals surface area contributed by atoms with E-state index in [4.69, 9.17) is 28.4 Å². The second-order valence-corrected chi connectivity index (χ2v) is 13.6. The number of carbonyl (C=O) groups is 5. The van der Waals surface area contributed by atoms with Crippen molar-refractivity contribution in [3.8, 4) is 5.75 Å². The molecule has 4 N–H and O–H groups in total. The zero-order valence-corrected chi connectivity index (χ0v) is 33.5. The summed E-state index contributed by atoms with van der Waals surface area (Å²) in [6.07, 6.45) is -1.30. The van der Waals surface area contributed by atoms with Gasteiger partial charge in [-0.3, -0.25) is 39.5 Å². The lowest BCUT2D eigenvalue weighted by atomic mass is 9.98. The Kier molecular flexibility index (Phi) is 19.9. The van der Waals surface area contributed by atoms with E-state index in [1.807, 2.05) is 4.90 Å². The van der Waals surface area contributed by atoms with Gasteiger partial charge in [-0.05, 0) is 12.1 Å². The number of morpholine rings is 1. The number of amides is 5. The van der Waals surface area contributed by atoms with Crippen LogP contribution < -0.4 is 25.6 Å². The molecule has 0 bridgehead atoms. The Morgan fingerprint density at radius 1 is 1.02 bits per heavy atom. The summed E-state index contributed by atoms with van der Waals surface area (Å²) >= 11 is 1.36. The number of hydrogen-bond acceptors (Lipinski definition) is 16. The second-order valence-electron chi connectivity index (χ2n) is 12.8. The number of thiazole rings is 1. The number of anilines is 1. The fraction of sp³-hybridized carbons (Fsp3) is 0.526. The Hall–Kier alpha value is -4.74. The van der Waals surface area contributed by atoms with E-state index >= 15 is 0 Å². The number of aliphatic hydroxyl groups is 1. The summed E-state index contributed by atoms with van der Waals surface area (Å²) in [7, 11) is 0. The van der Waals surface area contributed by atoms with Crippen molar-refractivity contribution in [3.05, 3.63) is 65.2 Å². The summed E-state index contributed by atoms with van der Waals surface area (Å²) in [5.41, 5.74) is 0.452. The molecule has 324 valence electrons. The van der Waals surface area contributed by atoms with Gasteiger partial charge in [-0.15, -0.1) is 17.9 Å². The van der Waals surface area contributed by atoms with Gasteiger partial charge in [0.15, 0.2) is 11.0 Å². The molecular formula is C38H50F2N6O12S. The molecular weight excluding hydrogens is 803 g/mol. The highest BCUT2D eigenvalue weighted by Crippen LogP contribution is 2.33. The maximum absolute atomic E-state index is 14.5. The first-order valence-electron chi connectivity index (χ1n) is 18.9. The molecule has 2 aliphatic rings. The molecule has 3 heterocycles. The number of benzene rings is 1. The molecule has 2 aliphatic heterocycles. The van der Waals surface area contributed by atoms with Gasteiger partial charge in [-0.1, -0.05) is 19.1 Å². The molecule has 1 aromatic heterocycles. The summed E-state index contributed by atoms with van der Waals surface area (Å²) < 4.78 is 60.6. The molecule has 59 heavy (non-hydrogen) atoms. The highest BCUT2D eigenvalue weighted by molar-refractivity contribution is 7.13. The van der Waals surface area contributed by atoms with Gasteiger partial charge in [0.25, 0.3) is 11.8 Å². The van der Waals surface area contributed by atoms with Crippen LogP contribution in [0.15, 0.2) is 48.4 Å². The minimum Gasteiger partial charge on any atom is -0.489 e. The maximum atomic E-state index is 14.5. The molecule has 21 heteroatoms. The lowest BCUT2D eigenvalue weighted by molar-refractivity contribution is -0.130. The van der Waals surface area contributed by atoms with E-state index in [2.05, 4.69) is 27.5 Å². The van der Waals surface area contributed by atoms with Crippen molar-refractivity contribution in [2.75, 3.05) is 104 Å². The molecule has 0 aliphatic carbocycles. The van der Waals surface area contributed by atoms with Crippen LogP contribution in [0.2, 0.25) is 0 Å². The molecule has 2 aromatic rings. The Balaban J connectivity index is 1.01. The highest BCUT2D eigenvalue weighted by atomic mass is 32.1. The molecule has 3 unspecified atom stereocenters. The van der Waals surface area contributed by atoms with Gasteiger partial charge in [0.1, 0.15) is 44.2 Å². The van der Waals surface area contributed by atoms with Crippen molar-refractivity contribution in [2.45, 2.75) is 31.6 Å². The first-order valence-corrected chi connectivity index (χ1v) is 19.8. The average molecular weight is 853 g/mol. The van der Waals surface area contributed by atoms with Gasteiger partial charge >= 0.3 is 0 Å². The number of nitrogens with one attached hydrogen (secondary N) is 3. The number of rotatable bonds is 27. The van der Waals surface area contributed by atoms with Gasteiger partial charge in [0.05, 0.1) is 75.6 Å². The number of aromatic nitrogens is 1. The van der Waals surface area contributed by atoms with Gasteiger partial charge in [0, 0.05) is 38.0 Å². The van der Waals surface area contributed by atoms with Gasteiger partial charge < -0.3 is 43.7 Å².